The highest BCUT2D eigenvalue weighted by molar-refractivity contribution is 7.21. The first-order chi connectivity index (χ1) is 15.3. The molecule has 0 aliphatic rings. The van der Waals surface area contributed by atoms with Gasteiger partial charge in [0, 0.05) is 21.7 Å². The SMILES string of the molecule is Cc1cc(F)ccc1C(=O)c1sc2cc(F)ccc2c1Oc1ccc(/C=C/C(=O)O)cc1. The van der Waals surface area contributed by atoms with Gasteiger partial charge in [-0.25, -0.2) is 13.6 Å². The van der Waals surface area contributed by atoms with Crippen LogP contribution in [0.3, 0.4) is 0 Å². The number of hydrogen-bond donors (Lipinski definition) is 1. The molecule has 7 heteroatoms. The minimum absolute atomic E-state index is 0.273. The van der Waals surface area contributed by atoms with Crippen LogP contribution in [0.5, 0.6) is 11.5 Å². The fourth-order valence-corrected chi connectivity index (χ4v) is 4.34. The molecule has 4 aromatic rings. The molecule has 160 valence electrons. The zero-order valence-electron chi connectivity index (χ0n) is 16.8. The minimum Gasteiger partial charge on any atom is -0.478 e. The molecule has 0 atom stereocenters. The molecule has 0 radical (unpaired) electrons. The molecule has 0 fully saturated rings. The monoisotopic (exact) mass is 450 g/mol. The lowest BCUT2D eigenvalue weighted by Crippen LogP contribution is -2.03. The van der Waals surface area contributed by atoms with Gasteiger partial charge < -0.3 is 9.84 Å². The predicted molar refractivity (Wildman–Crippen MR) is 120 cm³/mol. The van der Waals surface area contributed by atoms with Crippen molar-refractivity contribution in [2.45, 2.75) is 6.92 Å². The van der Waals surface area contributed by atoms with Crippen molar-refractivity contribution in [2.75, 3.05) is 0 Å². The molecule has 1 heterocycles. The Morgan fingerprint density at radius 3 is 2.34 bits per heavy atom. The molecule has 0 bridgehead atoms. The van der Waals surface area contributed by atoms with Gasteiger partial charge in [0.2, 0.25) is 5.78 Å². The molecule has 0 amide bonds. The van der Waals surface area contributed by atoms with Crippen LogP contribution < -0.4 is 4.74 Å². The zero-order valence-corrected chi connectivity index (χ0v) is 17.6. The highest BCUT2D eigenvalue weighted by Gasteiger charge is 2.23. The maximum atomic E-state index is 13.8. The van der Waals surface area contributed by atoms with Crippen molar-refractivity contribution in [2.24, 2.45) is 0 Å². The van der Waals surface area contributed by atoms with Gasteiger partial charge in [-0.05, 0) is 72.7 Å². The molecule has 0 saturated carbocycles. The normalized spacial score (nSPS) is 11.2. The summed E-state index contributed by atoms with van der Waals surface area (Å²) in [5.41, 5.74) is 1.48. The van der Waals surface area contributed by atoms with Crippen LogP contribution in [0.2, 0.25) is 0 Å². The molecular weight excluding hydrogens is 434 g/mol. The van der Waals surface area contributed by atoms with Crippen LogP contribution in [-0.2, 0) is 4.79 Å². The molecule has 0 spiro atoms. The highest BCUT2D eigenvalue weighted by Crippen LogP contribution is 2.42. The van der Waals surface area contributed by atoms with Gasteiger partial charge in [-0.1, -0.05) is 12.1 Å². The zero-order chi connectivity index (χ0) is 22.8. The lowest BCUT2D eigenvalue weighted by Gasteiger charge is -2.09. The van der Waals surface area contributed by atoms with Crippen molar-refractivity contribution >= 4 is 39.3 Å². The van der Waals surface area contributed by atoms with Gasteiger partial charge in [0.05, 0.1) is 0 Å². The van der Waals surface area contributed by atoms with Crippen molar-refractivity contribution in [3.63, 3.8) is 0 Å². The summed E-state index contributed by atoms with van der Waals surface area (Å²) < 4.78 is 33.9. The quantitative estimate of drug-likeness (QED) is 0.265. The average molecular weight is 450 g/mol. The van der Waals surface area contributed by atoms with E-state index in [1.165, 1.54) is 36.4 Å². The molecule has 4 nitrogen and oxygen atoms in total. The first kappa shape index (κ1) is 21.4. The van der Waals surface area contributed by atoms with Crippen LogP contribution in [0.15, 0.2) is 66.7 Å². The Morgan fingerprint density at radius 2 is 1.66 bits per heavy atom. The van der Waals surface area contributed by atoms with E-state index >= 15 is 0 Å². The number of carboxylic acids is 1. The number of thiophene rings is 1. The fraction of sp³-hybridized carbons (Fsp3) is 0.0400. The molecule has 0 aliphatic heterocycles. The maximum absolute atomic E-state index is 13.8. The number of halogens is 2. The Balaban J connectivity index is 1.76. The molecule has 1 N–H and O–H groups in total. The smallest absolute Gasteiger partial charge is 0.328 e. The summed E-state index contributed by atoms with van der Waals surface area (Å²) in [5.74, 6) is -1.57. The Bertz CT molecular complexity index is 1370. The van der Waals surface area contributed by atoms with Gasteiger partial charge in [0.25, 0.3) is 0 Å². The van der Waals surface area contributed by atoms with E-state index < -0.39 is 17.6 Å². The second-order valence-corrected chi connectivity index (χ2v) is 8.08. The van der Waals surface area contributed by atoms with Crippen LogP contribution >= 0.6 is 11.3 Å². The first-order valence-corrected chi connectivity index (χ1v) is 10.4. The van der Waals surface area contributed by atoms with E-state index in [4.69, 9.17) is 9.84 Å². The number of carbonyl (C=O) groups is 2. The topological polar surface area (TPSA) is 63.6 Å². The van der Waals surface area contributed by atoms with Crippen LogP contribution in [0.4, 0.5) is 8.78 Å². The molecule has 3 aromatic carbocycles. The fourth-order valence-electron chi connectivity index (χ4n) is 3.23. The molecule has 32 heavy (non-hydrogen) atoms. The van der Waals surface area contributed by atoms with E-state index in [2.05, 4.69) is 0 Å². The first-order valence-electron chi connectivity index (χ1n) is 9.53. The Labute approximate surface area is 186 Å². The number of hydrogen-bond acceptors (Lipinski definition) is 4. The van der Waals surface area contributed by atoms with Crippen molar-refractivity contribution in [3.05, 3.63) is 99.9 Å². The third-order valence-corrected chi connectivity index (χ3v) is 5.90. The summed E-state index contributed by atoms with van der Waals surface area (Å²) in [5, 5.41) is 9.32. The summed E-state index contributed by atoms with van der Waals surface area (Å²) >= 11 is 1.10. The van der Waals surface area contributed by atoms with E-state index in [9.17, 15) is 18.4 Å². The van der Waals surface area contributed by atoms with Gasteiger partial charge in [0.15, 0.2) is 5.75 Å². The predicted octanol–water partition coefficient (Wildman–Crippen LogP) is 6.61. The van der Waals surface area contributed by atoms with Gasteiger partial charge >= 0.3 is 5.97 Å². The molecule has 0 saturated heterocycles. The molecule has 0 unspecified atom stereocenters. The summed E-state index contributed by atoms with van der Waals surface area (Å²) in [6.45, 7) is 1.65. The Kier molecular flexibility index (Phi) is 5.83. The Hall–Kier alpha value is -3.84. The van der Waals surface area contributed by atoms with Crippen molar-refractivity contribution in [1.82, 2.24) is 0 Å². The number of ether oxygens (including phenoxy) is 1. The van der Waals surface area contributed by atoms with Crippen molar-refractivity contribution in [3.8, 4) is 11.5 Å². The molecule has 4 rings (SSSR count). The van der Waals surface area contributed by atoms with Gasteiger partial charge in [-0.3, -0.25) is 4.79 Å². The number of rotatable bonds is 6. The van der Waals surface area contributed by atoms with Crippen LogP contribution in [-0.4, -0.2) is 16.9 Å². The van der Waals surface area contributed by atoms with Gasteiger partial charge in [-0.2, -0.15) is 0 Å². The third kappa shape index (κ3) is 4.43. The maximum Gasteiger partial charge on any atom is 0.328 e. The van der Waals surface area contributed by atoms with Gasteiger partial charge in [0.1, 0.15) is 22.3 Å². The number of carboxylic acid groups (broad SMARTS) is 1. The number of aryl methyl sites for hydroxylation is 1. The standard InChI is InChI=1S/C25H16F2O4S/c1-14-12-16(26)5-9-19(14)23(30)25-24(20-10-6-17(27)13-21(20)32-25)31-18-7-2-15(3-8-18)4-11-22(28)29/h2-13H,1H3,(H,28,29)/b11-4+. The summed E-state index contributed by atoms with van der Waals surface area (Å²) in [7, 11) is 0. The highest BCUT2D eigenvalue weighted by atomic mass is 32.1. The minimum atomic E-state index is -1.05. The van der Waals surface area contributed by atoms with E-state index in [0.29, 0.717) is 32.5 Å². The summed E-state index contributed by atoms with van der Waals surface area (Å²) in [4.78, 5) is 24.2. The van der Waals surface area contributed by atoms with E-state index in [1.807, 2.05) is 0 Å². The van der Waals surface area contributed by atoms with Gasteiger partial charge in [-0.15, -0.1) is 11.3 Å². The summed E-state index contributed by atoms with van der Waals surface area (Å²) in [6, 6.07) is 14.7. The second-order valence-electron chi connectivity index (χ2n) is 7.03. The average Bonchev–Trinajstić information content (AvgIpc) is 3.10. The number of carbonyl (C=O) groups excluding carboxylic acids is 1. The third-order valence-electron chi connectivity index (χ3n) is 4.76. The molecule has 1 aromatic heterocycles. The largest absolute Gasteiger partial charge is 0.478 e. The summed E-state index contributed by atoms with van der Waals surface area (Å²) in [6.07, 6.45) is 2.47. The van der Waals surface area contributed by atoms with Crippen LogP contribution in [0.1, 0.15) is 26.4 Å². The Morgan fingerprint density at radius 1 is 0.969 bits per heavy atom. The molecular formula is C25H16F2O4S. The van der Waals surface area contributed by atoms with E-state index in [0.717, 1.165) is 17.4 Å². The number of ketones is 1. The number of aliphatic carboxylic acids is 1. The lowest BCUT2D eigenvalue weighted by molar-refractivity contribution is -0.131. The lowest BCUT2D eigenvalue weighted by atomic mass is 10.0. The van der Waals surface area contributed by atoms with E-state index in [-0.39, 0.29) is 16.4 Å². The number of fused-ring (bicyclic) bond motifs is 1. The number of benzene rings is 3. The van der Waals surface area contributed by atoms with Crippen molar-refractivity contribution < 1.29 is 28.2 Å². The molecule has 0 aliphatic carbocycles. The van der Waals surface area contributed by atoms with Crippen molar-refractivity contribution in [1.29, 1.82) is 0 Å². The van der Waals surface area contributed by atoms with E-state index in [1.54, 1.807) is 37.3 Å². The van der Waals surface area contributed by atoms with Crippen LogP contribution in [0, 0.1) is 18.6 Å². The second kappa shape index (κ2) is 8.72. The van der Waals surface area contributed by atoms with Crippen LogP contribution in [0.25, 0.3) is 16.2 Å².